The monoisotopic (exact) mass is 605 g/mol. The van der Waals surface area contributed by atoms with Gasteiger partial charge < -0.3 is 18.9 Å². The molecule has 36 heavy (non-hydrogen) atoms. The van der Waals surface area contributed by atoms with Gasteiger partial charge in [0.15, 0.2) is 28.7 Å². The van der Waals surface area contributed by atoms with Gasteiger partial charge in [0.05, 0.1) is 38.7 Å². The molecule has 3 aromatic rings. The minimum atomic E-state index is -0.377. The van der Waals surface area contributed by atoms with Crippen molar-refractivity contribution in [1.29, 1.82) is 0 Å². The molecule has 0 N–H and O–H groups in total. The van der Waals surface area contributed by atoms with E-state index in [2.05, 4.69) is 4.58 Å². The van der Waals surface area contributed by atoms with E-state index in [0.29, 0.717) is 41.6 Å². The van der Waals surface area contributed by atoms with Crippen LogP contribution in [0.15, 0.2) is 54.6 Å². The van der Waals surface area contributed by atoms with Gasteiger partial charge in [-0.05, 0) is 29.3 Å². The van der Waals surface area contributed by atoms with Crippen LogP contribution in [-0.4, -0.2) is 50.1 Å². The Morgan fingerprint density at radius 3 is 2.19 bits per heavy atom. The van der Waals surface area contributed by atoms with Gasteiger partial charge in [0.1, 0.15) is 20.2 Å². The van der Waals surface area contributed by atoms with E-state index in [1.165, 1.54) is 13.2 Å². The molecule has 1 aliphatic heterocycles. The molecular formula is C27H30IN2O6+. The van der Waals surface area contributed by atoms with E-state index in [-0.39, 0.29) is 34.6 Å². The molecule has 3 aromatic carbocycles. The molecule has 0 unspecified atom stereocenters. The number of ether oxygens (including phenoxy) is 4. The number of nitro groups is 1. The molecule has 1 aliphatic rings. The first kappa shape index (κ1) is 27.3. The summed E-state index contributed by atoms with van der Waals surface area (Å²) < 4.78 is 24.6. The zero-order valence-corrected chi connectivity index (χ0v) is 23.1. The molecule has 0 saturated carbocycles. The molecule has 0 atom stereocenters. The molecule has 0 amide bonds. The van der Waals surface area contributed by atoms with E-state index in [4.69, 9.17) is 18.9 Å². The van der Waals surface area contributed by atoms with E-state index >= 15 is 0 Å². The van der Waals surface area contributed by atoms with Crippen LogP contribution in [0.5, 0.6) is 23.0 Å². The molecule has 0 bridgehead atoms. The third kappa shape index (κ3) is 5.72. The van der Waals surface area contributed by atoms with Gasteiger partial charge in [0.2, 0.25) is 0 Å². The van der Waals surface area contributed by atoms with Gasteiger partial charge in [-0.15, -0.1) is 24.0 Å². The highest BCUT2D eigenvalue weighted by Gasteiger charge is 2.29. The fraction of sp³-hybridized carbons (Fsp3) is 0.296. The summed E-state index contributed by atoms with van der Waals surface area (Å²) in [6.45, 7) is 1.11. The van der Waals surface area contributed by atoms with Crippen LogP contribution in [-0.2, 0) is 19.4 Å². The highest BCUT2D eigenvalue weighted by molar-refractivity contribution is 14.0. The van der Waals surface area contributed by atoms with Gasteiger partial charge in [0, 0.05) is 17.5 Å². The molecule has 9 heteroatoms. The van der Waals surface area contributed by atoms with Crippen LogP contribution >= 0.6 is 24.0 Å². The summed E-state index contributed by atoms with van der Waals surface area (Å²) in [5.41, 5.74) is 4.60. The number of likely N-dealkylation sites (N-methyl/N-ethyl adjacent to an activating group) is 1. The minimum Gasteiger partial charge on any atom is -0.493 e. The second kappa shape index (κ2) is 12.1. The van der Waals surface area contributed by atoms with Crippen LogP contribution in [0.1, 0.15) is 22.3 Å². The molecular weight excluding hydrogens is 575 g/mol. The van der Waals surface area contributed by atoms with Crippen molar-refractivity contribution >= 4 is 35.4 Å². The SMILES string of the molecule is COc1cc2c(cc1OC)C(Cc1cc(OCc3ccccc3)c(OC)cc1[N+](=O)[O-])=[N+](C)CC2.I. The predicted molar refractivity (Wildman–Crippen MR) is 148 cm³/mol. The van der Waals surface area contributed by atoms with Gasteiger partial charge in [-0.1, -0.05) is 30.3 Å². The van der Waals surface area contributed by atoms with E-state index < -0.39 is 0 Å². The fourth-order valence-corrected chi connectivity index (χ4v) is 4.35. The minimum absolute atomic E-state index is 0. The Morgan fingerprint density at radius 2 is 1.56 bits per heavy atom. The third-order valence-electron chi connectivity index (χ3n) is 6.25. The van der Waals surface area contributed by atoms with Gasteiger partial charge in [-0.2, -0.15) is 0 Å². The van der Waals surface area contributed by atoms with E-state index in [0.717, 1.165) is 35.4 Å². The Labute approximate surface area is 227 Å². The molecule has 190 valence electrons. The molecule has 0 radical (unpaired) electrons. The van der Waals surface area contributed by atoms with Crippen molar-refractivity contribution in [2.24, 2.45) is 0 Å². The topological polar surface area (TPSA) is 83.1 Å². The lowest BCUT2D eigenvalue weighted by atomic mass is 9.91. The quantitative estimate of drug-likeness (QED) is 0.147. The average Bonchev–Trinajstić information content (AvgIpc) is 2.88. The smallest absolute Gasteiger partial charge is 0.277 e. The Hall–Kier alpha value is -3.34. The van der Waals surface area contributed by atoms with Crippen molar-refractivity contribution in [3.8, 4) is 23.0 Å². The van der Waals surface area contributed by atoms with Crippen molar-refractivity contribution in [3.05, 3.63) is 87.0 Å². The number of methoxy groups -OCH3 is 3. The summed E-state index contributed by atoms with van der Waals surface area (Å²) in [6, 6.07) is 16.8. The molecule has 1 heterocycles. The van der Waals surface area contributed by atoms with Gasteiger partial charge in [0.25, 0.3) is 5.69 Å². The lowest BCUT2D eigenvalue weighted by Gasteiger charge is -2.20. The Morgan fingerprint density at radius 1 is 0.917 bits per heavy atom. The number of rotatable bonds is 9. The summed E-state index contributed by atoms with van der Waals surface area (Å²) in [7, 11) is 6.69. The molecule has 0 aromatic heterocycles. The van der Waals surface area contributed by atoms with Crippen LogP contribution in [0.25, 0.3) is 0 Å². The number of nitrogens with zero attached hydrogens (tertiary/aromatic N) is 2. The maximum atomic E-state index is 12.0. The number of benzene rings is 3. The van der Waals surface area contributed by atoms with Crippen molar-refractivity contribution < 1.29 is 28.4 Å². The fourth-order valence-electron chi connectivity index (χ4n) is 4.35. The maximum absolute atomic E-state index is 12.0. The summed E-state index contributed by atoms with van der Waals surface area (Å²) in [5.74, 6) is 2.08. The first-order valence-electron chi connectivity index (χ1n) is 11.3. The summed E-state index contributed by atoms with van der Waals surface area (Å²) in [4.78, 5) is 11.6. The van der Waals surface area contributed by atoms with Crippen molar-refractivity contribution in [2.75, 3.05) is 34.9 Å². The summed E-state index contributed by atoms with van der Waals surface area (Å²) in [6.07, 6.45) is 1.19. The molecule has 0 fully saturated rings. The maximum Gasteiger partial charge on any atom is 0.277 e. The molecule has 0 spiro atoms. The first-order chi connectivity index (χ1) is 16.9. The highest BCUT2D eigenvalue weighted by Crippen LogP contribution is 2.37. The number of nitro benzene ring substituents is 1. The number of hydrogen-bond acceptors (Lipinski definition) is 6. The Balaban J connectivity index is 0.00000361. The van der Waals surface area contributed by atoms with Crippen LogP contribution in [0.4, 0.5) is 5.69 Å². The lowest BCUT2D eigenvalue weighted by molar-refractivity contribution is -0.499. The van der Waals surface area contributed by atoms with Crippen molar-refractivity contribution in [3.63, 3.8) is 0 Å². The predicted octanol–water partition coefficient (Wildman–Crippen LogP) is 5.05. The number of hydrogen-bond donors (Lipinski definition) is 0. The third-order valence-corrected chi connectivity index (χ3v) is 6.25. The molecule has 8 nitrogen and oxygen atoms in total. The van der Waals surface area contributed by atoms with Crippen LogP contribution < -0.4 is 18.9 Å². The first-order valence-corrected chi connectivity index (χ1v) is 11.3. The molecule has 0 saturated heterocycles. The van der Waals surface area contributed by atoms with E-state index in [1.54, 1.807) is 20.3 Å². The van der Waals surface area contributed by atoms with Gasteiger partial charge in [-0.25, -0.2) is 4.58 Å². The zero-order chi connectivity index (χ0) is 24.9. The Kier molecular flexibility index (Phi) is 9.14. The van der Waals surface area contributed by atoms with Crippen LogP contribution in [0, 0.1) is 10.1 Å². The van der Waals surface area contributed by atoms with Crippen molar-refractivity contribution in [1.82, 2.24) is 0 Å². The van der Waals surface area contributed by atoms with Crippen molar-refractivity contribution in [2.45, 2.75) is 19.4 Å². The number of halogens is 1. The summed E-state index contributed by atoms with van der Waals surface area (Å²) in [5, 5.41) is 12.0. The average molecular weight is 605 g/mol. The van der Waals surface area contributed by atoms with Crippen LogP contribution in [0.3, 0.4) is 0 Å². The highest BCUT2D eigenvalue weighted by atomic mass is 127. The Bertz CT molecular complexity index is 1280. The number of fused-ring (bicyclic) bond motifs is 1. The second-order valence-electron chi connectivity index (χ2n) is 8.32. The summed E-state index contributed by atoms with van der Waals surface area (Å²) >= 11 is 0. The van der Waals surface area contributed by atoms with E-state index in [1.807, 2.05) is 49.5 Å². The second-order valence-corrected chi connectivity index (χ2v) is 8.32. The van der Waals surface area contributed by atoms with Gasteiger partial charge in [-0.3, -0.25) is 10.1 Å². The van der Waals surface area contributed by atoms with Crippen LogP contribution in [0.2, 0.25) is 0 Å². The van der Waals surface area contributed by atoms with Gasteiger partial charge >= 0.3 is 0 Å². The lowest BCUT2D eigenvalue weighted by Crippen LogP contribution is -2.29. The normalized spacial score (nSPS) is 12.3. The largest absolute Gasteiger partial charge is 0.493 e. The molecule has 0 aliphatic carbocycles. The molecule has 4 rings (SSSR count). The zero-order valence-electron chi connectivity index (χ0n) is 20.8. The standard InChI is InChI=1S/C27H29N2O6.HI/c1-28-11-10-19-13-24(32-2)25(33-3)15-21(19)23(28)12-20-14-27(26(34-4)16-22(20)29(30)31)35-17-18-8-6-5-7-9-18;/h5-9,13-16H,10-12,17H2,1-4H3;1H/q+1;. The van der Waals surface area contributed by atoms with E-state index in [9.17, 15) is 10.1 Å².